The first kappa shape index (κ1) is 14.3. The molecule has 1 rings (SSSR count). The first-order chi connectivity index (χ1) is 8.67. The zero-order chi connectivity index (χ0) is 13.4. The van der Waals surface area contributed by atoms with Gasteiger partial charge in [0.2, 0.25) is 5.91 Å². The van der Waals surface area contributed by atoms with Crippen molar-refractivity contribution in [3.05, 3.63) is 35.4 Å². The van der Waals surface area contributed by atoms with Gasteiger partial charge in [0.05, 0.1) is 6.54 Å². The highest BCUT2D eigenvalue weighted by Crippen LogP contribution is 2.05. The molecule has 3 heteroatoms. The van der Waals surface area contributed by atoms with Crippen LogP contribution >= 0.6 is 0 Å². The number of carbonyl (C=O) groups is 1. The van der Waals surface area contributed by atoms with Crippen LogP contribution in [0.4, 0.5) is 0 Å². The van der Waals surface area contributed by atoms with Gasteiger partial charge in [0, 0.05) is 18.0 Å². The lowest BCUT2D eigenvalue weighted by molar-refractivity contribution is -0.124. The summed E-state index contributed by atoms with van der Waals surface area (Å²) >= 11 is 0. The maximum absolute atomic E-state index is 11.6. The summed E-state index contributed by atoms with van der Waals surface area (Å²) in [5.41, 5.74) is 7.32. The second-order valence-corrected chi connectivity index (χ2v) is 4.23. The molecule has 0 aliphatic heterocycles. The van der Waals surface area contributed by atoms with Crippen LogP contribution in [0.1, 0.15) is 31.4 Å². The molecule has 0 spiro atoms. The molecule has 0 aliphatic carbocycles. The Morgan fingerprint density at radius 3 is 2.61 bits per heavy atom. The van der Waals surface area contributed by atoms with Gasteiger partial charge in [0.1, 0.15) is 0 Å². The molecule has 3 N–H and O–H groups in total. The predicted molar refractivity (Wildman–Crippen MR) is 73.7 cm³/mol. The summed E-state index contributed by atoms with van der Waals surface area (Å²) in [6.07, 6.45) is 0.861. The molecule has 0 radical (unpaired) electrons. The number of benzene rings is 1. The number of nitrogens with two attached hydrogens (primary N) is 1. The van der Waals surface area contributed by atoms with Gasteiger partial charge in [-0.15, -0.1) is 0 Å². The van der Waals surface area contributed by atoms with Gasteiger partial charge in [-0.2, -0.15) is 0 Å². The number of rotatable bonds is 4. The Balaban J connectivity index is 2.51. The highest BCUT2D eigenvalue weighted by atomic mass is 16.1. The molecule has 1 atom stereocenters. The first-order valence-electron chi connectivity index (χ1n) is 6.23. The van der Waals surface area contributed by atoms with Crippen molar-refractivity contribution in [3.63, 3.8) is 0 Å². The summed E-state index contributed by atoms with van der Waals surface area (Å²) in [6.45, 7) is 4.87. The molecular weight excluding hydrogens is 224 g/mol. The normalized spacial score (nSPS) is 11.3. The highest BCUT2D eigenvalue weighted by Gasteiger charge is 2.09. The molecule has 0 fully saturated rings. The zero-order valence-electron chi connectivity index (χ0n) is 11.0. The molecule has 3 nitrogen and oxygen atoms in total. The van der Waals surface area contributed by atoms with Crippen molar-refractivity contribution < 1.29 is 4.79 Å². The Kier molecular flexibility index (Phi) is 5.96. The Bertz CT molecular complexity index is 440. The quantitative estimate of drug-likeness (QED) is 0.791. The molecule has 0 aromatic heterocycles. The molecule has 0 aliphatic rings. The largest absolute Gasteiger partial charge is 0.352 e. The van der Waals surface area contributed by atoms with Crippen molar-refractivity contribution in [2.75, 3.05) is 6.54 Å². The molecule has 0 saturated heterocycles. The van der Waals surface area contributed by atoms with Crippen LogP contribution in [0.15, 0.2) is 24.3 Å². The molecule has 0 heterocycles. The van der Waals surface area contributed by atoms with E-state index >= 15 is 0 Å². The second kappa shape index (κ2) is 7.52. The van der Waals surface area contributed by atoms with Crippen molar-refractivity contribution in [2.45, 2.75) is 26.8 Å². The fourth-order valence-electron chi connectivity index (χ4n) is 1.41. The van der Waals surface area contributed by atoms with Crippen LogP contribution in [0, 0.1) is 17.8 Å². The minimum atomic E-state index is 0.0692. The smallest absolute Gasteiger partial charge is 0.223 e. The van der Waals surface area contributed by atoms with Crippen molar-refractivity contribution in [1.29, 1.82) is 0 Å². The van der Waals surface area contributed by atoms with Crippen molar-refractivity contribution in [1.82, 2.24) is 5.32 Å². The van der Waals surface area contributed by atoms with E-state index in [4.69, 9.17) is 5.73 Å². The van der Waals surface area contributed by atoms with Crippen LogP contribution in [-0.2, 0) is 11.3 Å². The third-order valence-corrected chi connectivity index (χ3v) is 2.82. The molecule has 0 bridgehead atoms. The second-order valence-electron chi connectivity index (χ2n) is 4.23. The summed E-state index contributed by atoms with van der Waals surface area (Å²) in [7, 11) is 0. The van der Waals surface area contributed by atoms with Crippen molar-refractivity contribution in [3.8, 4) is 11.8 Å². The number of hydrogen-bond acceptors (Lipinski definition) is 2. The van der Waals surface area contributed by atoms with Crippen molar-refractivity contribution in [2.24, 2.45) is 11.7 Å². The van der Waals surface area contributed by atoms with Gasteiger partial charge in [0.15, 0.2) is 0 Å². The van der Waals surface area contributed by atoms with Crippen LogP contribution in [0.25, 0.3) is 0 Å². The van der Waals surface area contributed by atoms with Crippen LogP contribution in [0.3, 0.4) is 0 Å². The van der Waals surface area contributed by atoms with Gasteiger partial charge in [-0.05, 0) is 24.1 Å². The summed E-state index contributed by atoms with van der Waals surface area (Å²) in [4.78, 5) is 11.6. The van der Waals surface area contributed by atoms with E-state index in [1.807, 2.05) is 38.1 Å². The fraction of sp³-hybridized carbons (Fsp3) is 0.400. The van der Waals surface area contributed by atoms with E-state index in [1.165, 1.54) is 0 Å². The molecule has 1 amide bonds. The first-order valence-corrected chi connectivity index (χ1v) is 6.23. The molecule has 1 aromatic rings. The monoisotopic (exact) mass is 244 g/mol. The maximum Gasteiger partial charge on any atom is 0.223 e. The number of carbonyl (C=O) groups excluding carboxylic acids is 1. The molecule has 0 saturated carbocycles. The SMILES string of the molecule is CCC(C)C(=O)NCc1ccc(C#CCN)cc1. The molecule has 1 unspecified atom stereocenters. The lowest BCUT2D eigenvalue weighted by atomic mass is 10.1. The molecule has 1 aromatic carbocycles. The summed E-state index contributed by atoms with van der Waals surface area (Å²) in [6, 6.07) is 7.82. The topological polar surface area (TPSA) is 55.1 Å². The Hall–Kier alpha value is -1.79. The summed E-state index contributed by atoms with van der Waals surface area (Å²) < 4.78 is 0. The lowest BCUT2D eigenvalue weighted by Crippen LogP contribution is -2.28. The van der Waals surface area contributed by atoms with E-state index in [2.05, 4.69) is 17.2 Å². The Morgan fingerprint density at radius 1 is 1.39 bits per heavy atom. The van der Waals surface area contributed by atoms with Gasteiger partial charge in [0.25, 0.3) is 0 Å². The summed E-state index contributed by atoms with van der Waals surface area (Å²) in [5.74, 6) is 5.94. The van der Waals surface area contributed by atoms with Gasteiger partial charge in [-0.3, -0.25) is 4.79 Å². The van der Waals surface area contributed by atoms with Crippen LogP contribution in [-0.4, -0.2) is 12.5 Å². The fourth-order valence-corrected chi connectivity index (χ4v) is 1.41. The van der Waals surface area contributed by atoms with Gasteiger partial charge >= 0.3 is 0 Å². The van der Waals surface area contributed by atoms with Gasteiger partial charge in [-0.1, -0.05) is 37.8 Å². The van der Waals surface area contributed by atoms with Crippen LogP contribution in [0.2, 0.25) is 0 Å². The van der Waals surface area contributed by atoms with Crippen molar-refractivity contribution >= 4 is 5.91 Å². The summed E-state index contributed by atoms with van der Waals surface area (Å²) in [5, 5.41) is 2.92. The molecule has 96 valence electrons. The lowest BCUT2D eigenvalue weighted by Gasteiger charge is -2.09. The van der Waals surface area contributed by atoms with E-state index in [0.717, 1.165) is 17.5 Å². The molecular formula is C15H20N2O. The zero-order valence-corrected chi connectivity index (χ0v) is 11.0. The third kappa shape index (κ3) is 4.60. The van der Waals surface area contributed by atoms with E-state index in [1.54, 1.807) is 0 Å². The number of hydrogen-bond donors (Lipinski definition) is 2. The van der Waals surface area contributed by atoms with E-state index in [9.17, 15) is 4.79 Å². The van der Waals surface area contributed by atoms with Crippen LogP contribution in [0.5, 0.6) is 0 Å². The average Bonchev–Trinajstić information content (AvgIpc) is 2.42. The molecule has 18 heavy (non-hydrogen) atoms. The minimum Gasteiger partial charge on any atom is -0.352 e. The number of nitrogens with one attached hydrogen (secondary N) is 1. The van der Waals surface area contributed by atoms with E-state index in [-0.39, 0.29) is 11.8 Å². The standard InChI is InChI=1S/C15H20N2O/c1-3-12(2)15(18)17-11-14-8-6-13(7-9-14)5-4-10-16/h6-9,12H,3,10-11,16H2,1-2H3,(H,17,18). The minimum absolute atomic E-state index is 0.0692. The maximum atomic E-state index is 11.6. The van der Waals surface area contributed by atoms with Gasteiger partial charge < -0.3 is 11.1 Å². The number of amides is 1. The average molecular weight is 244 g/mol. The Morgan fingerprint density at radius 2 is 2.06 bits per heavy atom. The highest BCUT2D eigenvalue weighted by molar-refractivity contribution is 5.78. The Labute approximate surface area is 109 Å². The van der Waals surface area contributed by atoms with Gasteiger partial charge in [-0.25, -0.2) is 0 Å². The van der Waals surface area contributed by atoms with E-state index < -0.39 is 0 Å². The third-order valence-electron chi connectivity index (χ3n) is 2.82. The van der Waals surface area contributed by atoms with Crippen LogP contribution < -0.4 is 11.1 Å². The predicted octanol–water partition coefficient (Wildman–Crippen LogP) is 1.66. The van der Waals surface area contributed by atoms with E-state index in [0.29, 0.717) is 13.1 Å².